The van der Waals surface area contributed by atoms with E-state index in [2.05, 4.69) is 16.1 Å². The molecule has 0 spiro atoms. The Bertz CT molecular complexity index is 322. The third-order valence-corrected chi connectivity index (χ3v) is 1.71. The van der Waals surface area contributed by atoms with E-state index < -0.39 is 0 Å². The average molecular weight is 207 g/mol. The zero-order chi connectivity index (χ0) is 11.7. The number of aliphatic imine (C=N–C) groups is 1. The molecule has 3 heteroatoms. The molecule has 1 aromatic heterocycles. The van der Waals surface area contributed by atoms with Gasteiger partial charge in [-0.25, -0.2) is 9.98 Å². The second-order valence-corrected chi connectivity index (χ2v) is 2.54. The molecule has 1 aliphatic rings. The number of rotatable bonds is 0. The minimum atomic E-state index is 0.885. The summed E-state index contributed by atoms with van der Waals surface area (Å²) >= 11 is 0. The quantitative estimate of drug-likeness (QED) is 0.642. The lowest BCUT2D eigenvalue weighted by atomic mass is 10.3. The Morgan fingerprint density at radius 2 is 1.87 bits per heavy atom. The molecule has 0 fully saturated rings. The maximum Gasteiger partial charge on any atom is 0.155 e. The van der Waals surface area contributed by atoms with E-state index >= 15 is 0 Å². The summed E-state index contributed by atoms with van der Waals surface area (Å²) in [6, 6.07) is 0. The highest BCUT2D eigenvalue weighted by atomic mass is 15.1. The van der Waals surface area contributed by atoms with Gasteiger partial charge < -0.3 is 4.57 Å². The van der Waals surface area contributed by atoms with Crippen molar-refractivity contribution < 1.29 is 0 Å². The third kappa shape index (κ3) is 3.70. The first kappa shape index (κ1) is 13.6. The highest BCUT2D eigenvalue weighted by Crippen LogP contribution is 2.18. The van der Waals surface area contributed by atoms with E-state index in [9.17, 15) is 0 Å². The lowest BCUT2D eigenvalue weighted by molar-refractivity contribution is 0.912. The summed E-state index contributed by atoms with van der Waals surface area (Å²) in [5.74, 6) is 0.968. The number of nitrogens with zero attached hydrogens (tertiary/aromatic N) is 3. The summed E-state index contributed by atoms with van der Waals surface area (Å²) in [6.45, 7) is 8.00. The van der Waals surface area contributed by atoms with Gasteiger partial charge in [0.1, 0.15) is 0 Å². The SMILES string of the molecule is CC.CC.Cn1cnc2c1N=CC=CC2. The first-order valence-electron chi connectivity index (χ1n) is 5.57. The Morgan fingerprint density at radius 1 is 1.20 bits per heavy atom. The van der Waals surface area contributed by atoms with Gasteiger partial charge in [0.15, 0.2) is 5.82 Å². The van der Waals surface area contributed by atoms with Gasteiger partial charge >= 0.3 is 0 Å². The van der Waals surface area contributed by atoms with E-state index in [1.54, 1.807) is 12.5 Å². The summed E-state index contributed by atoms with van der Waals surface area (Å²) in [5.41, 5.74) is 1.05. The van der Waals surface area contributed by atoms with Gasteiger partial charge in [0.2, 0.25) is 0 Å². The second-order valence-electron chi connectivity index (χ2n) is 2.54. The van der Waals surface area contributed by atoms with Crippen LogP contribution in [0.4, 0.5) is 5.82 Å². The zero-order valence-electron chi connectivity index (χ0n) is 10.4. The Kier molecular flexibility index (Phi) is 7.24. The van der Waals surface area contributed by atoms with Crippen molar-refractivity contribution in [3.8, 4) is 0 Å². The molecule has 0 amide bonds. The van der Waals surface area contributed by atoms with E-state index in [-0.39, 0.29) is 0 Å². The Labute approximate surface area is 92.6 Å². The summed E-state index contributed by atoms with van der Waals surface area (Å²) in [6.07, 6.45) is 8.48. The van der Waals surface area contributed by atoms with Crippen molar-refractivity contribution in [3.63, 3.8) is 0 Å². The van der Waals surface area contributed by atoms with Crippen molar-refractivity contribution in [3.05, 3.63) is 24.2 Å². The van der Waals surface area contributed by atoms with Gasteiger partial charge in [0.05, 0.1) is 12.0 Å². The van der Waals surface area contributed by atoms with Crippen LogP contribution in [0.1, 0.15) is 33.4 Å². The van der Waals surface area contributed by atoms with Crippen LogP contribution in [-0.4, -0.2) is 15.8 Å². The van der Waals surface area contributed by atoms with Crippen LogP contribution in [-0.2, 0) is 13.5 Å². The van der Waals surface area contributed by atoms with Crippen molar-refractivity contribution in [2.75, 3.05) is 0 Å². The number of hydrogen-bond acceptors (Lipinski definition) is 2. The fourth-order valence-corrected chi connectivity index (χ4v) is 1.14. The van der Waals surface area contributed by atoms with Crippen LogP contribution in [0.2, 0.25) is 0 Å². The molecule has 0 N–H and O–H groups in total. The molecule has 0 saturated heterocycles. The molecule has 0 saturated carbocycles. The van der Waals surface area contributed by atoms with Crippen LogP contribution in [0, 0.1) is 0 Å². The molecule has 1 aromatic rings. The van der Waals surface area contributed by atoms with Gasteiger partial charge in [-0.15, -0.1) is 0 Å². The van der Waals surface area contributed by atoms with Crippen molar-refractivity contribution in [1.82, 2.24) is 9.55 Å². The van der Waals surface area contributed by atoms with Crippen molar-refractivity contribution >= 4 is 12.0 Å². The fraction of sp³-hybridized carbons (Fsp3) is 0.500. The summed E-state index contributed by atoms with van der Waals surface area (Å²) in [7, 11) is 1.95. The predicted molar refractivity (Wildman–Crippen MR) is 66.9 cm³/mol. The number of allylic oxidation sites excluding steroid dienone is 2. The van der Waals surface area contributed by atoms with Gasteiger partial charge in [-0.1, -0.05) is 33.8 Å². The van der Waals surface area contributed by atoms with Crippen LogP contribution >= 0.6 is 0 Å². The monoisotopic (exact) mass is 207 g/mol. The van der Waals surface area contributed by atoms with Gasteiger partial charge in [-0.05, 0) is 6.08 Å². The Balaban J connectivity index is 0.000000442. The largest absolute Gasteiger partial charge is 0.319 e. The number of imidazole rings is 1. The predicted octanol–water partition coefficient (Wildman–Crippen LogP) is 3.29. The number of aryl methyl sites for hydroxylation is 1. The van der Waals surface area contributed by atoms with Crippen LogP contribution in [0.5, 0.6) is 0 Å². The summed E-state index contributed by atoms with van der Waals surface area (Å²) in [5, 5.41) is 0. The zero-order valence-corrected chi connectivity index (χ0v) is 10.4. The third-order valence-electron chi connectivity index (χ3n) is 1.71. The van der Waals surface area contributed by atoms with E-state index in [1.807, 2.05) is 45.4 Å². The number of fused-ring (bicyclic) bond motifs is 1. The van der Waals surface area contributed by atoms with Gasteiger partial charge in [0, 0.05) is 19.7 Å². The first-order valence-corrected chi connectivity index (χ1v) is 5.57. The van der Waals surface area contributed by atoms with Gasteiger partial charge in [-0.3, -0.25) is 0 Å². The lowest BCUT2D eigenvalue weighted by Crippen LogP contribution is -1.84. The molecule has 3 nitrogen and oxygen atoms in total. The van der Waals surface area contributed by atoms with Crippen molar-refractivity contribution in [1.29, 1.82) is 0 Å². The minimum absolute atomic E-state index is 0.885. The Morgan fingerprint density at radius 3 is 2.53 bits per heavy atom. The van der Waals surface area contributed by atoms with Crippen LogP contribution in [0.15, 0.2) is 23.5 Å². The molecule has 2 heterocycles. The molecule has 0 bridgehead atoms. The average Bonchev–Trinajstić information content (AvgIpc) is 2.56. The number of aromatic nitrogens is 2. The molecule has 15 heavy (non-hydrogen) atoms. The Hall–Kier alpha value is -1.38. The second kappa shape index (κ2) is 7.97. The standard InChI is InChI=1S/C8H9N3.2C2H6/c1-11-6-10-7-4-2-3-5-9-8(7)11;2*1-2/h2-3,5-6H,4H2,1H3;2*1-2H3. The van der Waals surface area contributed by atoms with Crippen LogP contribution < -0.4 is 0 Å². The molecule has 0 aliphatic carbocycles. The van der Waals surface area contributed by atoms with Crippen molar-refractivity contribution in [2.24, 2.45) is 12.0 Å². The molecular weight excluding hydrogens is 186 g/mol. The molecule has 2 rings (SSSR count). The maximum absolute atomic E-state index is 4.23. The number of hydrogen-bond donors (Lipinski definition) is 0. The van der Waals surface area contributed by atoms with Crippen LogP contribution in [0.25, 0.3) is 0 Å². The smallest absolute Gasteiger partial charge is 0.155 e. The van der Waals surface area contributed by atoms with Gasteiger partial charge in [-0.2, -0.15) is 0 Å². The topological polar surface area (TPSA) is 30.2 Å². The molecule has 0 radical (unpaired) electrons. The highest BCUT2D eigenvalue weighted by molar-refractivity contribution is 5.75. The highest BCUT2D eigenvalue weighted by Gasteiger charge is 2.05. The molecule has 1 aliphatic heterocycles. The first-order chi connectivity index (χ1) is 7.38. The molecule has 0 unspecified atom stereocenters. The van der Waals surface area contributed by atoms with E-state index in [0.717, 1.165) is 17.9 Å². The minimum Gasteiger partial charge on any atom is -0.319 e. The summed E-state index contributed by atoms with van der Waals surface area (Å²) < 4.78 is 1.93. The normalized spacial score (nSPS) is 11.5. The van der Waals surface area contributed by atoms with Crippen molar-refractivity contribution in [2.45, 2.75) is 34.1 Å². The molecule has 0 aromatic carbocycles. The molecular formula is C12H21N3. The van der Waals surface area contributed by atoms with Gasteiger partial charge in [0.25, 0.3) is 0 Å². The lowest BCUT2D eigenvalue weighted by Gasteiger charge is -1.94. The summed E-state index contributed by atoms with van der Waals surface area (Å²) in [4.78, 5) is 8.45. The van der Waals surface area contributed by atoms with E-state index in [0.29, 0.717) is 0 Å². The molecule has 84 valence electrons. The molecule has 0 atom stereocenters. The fourth-order valence-electron chi connectivity index (χ4n) is 1.14. The van der Waals surface area contributed by atoms with E-state index in [4.69, 9.17) is 0 Å². The van der Waals surface area contributed by atoms with E-state index in [1.165, 1.54) is 0 Å². The maximum atomic E-state index is 4.23. The van der Waals surface area contributed by atoms with Crippen LogP contribution in [0.3, 0.4) is 0 Å².